The summed E-state index contributed by atoms with van der Waals surface area (Å²) < 4.78 is 6.94. The zero-order valence-corrected chi connectivity index (χ0v) is 15.5. The van der Waals surface area contributed by atoms with Gasteiger partial charge in [-0.05, 0) is 5.53 Å². The van der Waals surface area contributed by atoms with Crippen molar-refractivity contribution < 1.29 is 14.9 Å². The number of aliphatic hydroxyl groups excluding tert-OH is 2. The van der Waals surface area contributed by atoms with Crippen LogP contribution in [-0.2, 0) is 11.3 Å². The van der Waals surface area contributed by atoms with Crippen molar-refractivity contribution in [3.63, 3.8) is 0 Å². The Hall–Kier alpha value is -2.21. The number of β-amino-alcohol motifs (C(OH)–C–C–N with tert-alkyl or cyclic N) is 1. The molecule has 3 atom stereocenters. The largest absolute Gasteiger partial charge is 0.395 e. The predicted octanol–water partition coefficient (Wildman–Crippen LogP) is -1.39. The maximum absolute atomic E-state index is 12.3. The summed E-state index contributed by atoms with van der Waals surface area (Å²) in [6.07, 6.45) is 0.305. The molecule has 1 aromatic rings. The first-order chi connectivity index (χ1) is 13.5. The van der Waals surface area contributed by atoms with Gasteiger partial charge in [0.05, 0.1) is 25.4 Å². The van der Waals surface area contributed by atoms with Crippen molar-refractivity contribution >= 4 is 0 Å². The number of nitrogens with one attached hydrogen (secondary N) is 1. The van der Waals surface area contributed by atoms with Crippen molar-refractivity contribution in [2.75, 3.05) is 45.9 Å². The zero-order chi connectivity index (χ0) is 20.1. The Morgan fingerprint density at radius 3 is 2.61 bits per heavy atom. The van der Waals surface area contributed by atoms with Gasteiger partial charge in [0.2, 0.25) is 0 Å². The van der Waals surface area contributed by atoms with E-state index in [2.05, 4.69) is 24.8 Å². The average Bonchev–Trinajstić information content (AvgIpc) is 3.08. The minimum atomic E-state index is -0.725. The van der Waals surface area contributed by atoms with Crippen LogP contribution in [0.25, 0.3) is 10.4 Å². The minimum absolute atomic E-state index is 0.123. The molecule has 0 aromatic carbocycles. The van der Waals surface area contributed by atoms with Crippen LogP contribution in [0.3, 0.4) is 0 Å². The monoisotopic (exact) mass is 395 g/mol. The molecule has 28 heavy (non-hydrogen) atoms. The molecule has 0 radical (unpaired) electrons. The van der Waals surface area contributed by atoms with Crippen LogP contribution in [0.4, 0.5) is 0 Å². The molecule has 3 N–H and O–H groups in total. The summed E-state index contributed by atoms with van der Waals surface area (Å²) in [5.41, 5.74) is 8.04. The van der Waals surface area contributed by atoms with E-state index in [9.17, 15) is 14.7 Å². The molecule has 0 saturated carbocycles. The fourth-order valence-electron chi connectivity index (χ4n) is 3.65. The Morgan fingerprint density at radius 1 is 1.25 bits per heavy atom. The van der Waals surface area contributed by atoms with E-state index in [4.69, 9.17) is 15.4 Å². The molecule has 0 aliphatic carbocycles. The quantitative estimate of drug-likeness (QED) is 0.291. The van der Waals surface area contributed by atoms with Crippen LogP contribution in [0.1, 0.15) is 18.2 Å². The maximum Gasteiger partial charge on any atom is 0.330 e. The standard InChI is InChI=1S/C16H25N7O5/c17-20-19-12-7-14(28-13(12)10-25)23-9-11(15(26)18-16(23)27)8-22-3-1-21(2-4-22)5-6-24/h9,12-14,24-25H,1-8,10H2,(H,18,26,27)/t12-,13+,14-/m0/s1. The van der Waals surface area contributed by atoms with E-state index in [1.54, 1.807) is 0 Å². The number of aliphatic hydroxyl groups is 2. The predicted molar refractivity (Wildman–Crippen MR) is 98.7 cm³/mol. The van der Waals surface area contributed by atoms with Crippen molar-refractivity contribution in [1.82, 2.24) is 19.4 Å². The second-order valence-electron chi connectivity index (χ2n) is 6.98. The van der Waals surface area contributed by atoms with Crippen LogP contribution in [0.15, 0.2) is 20.9 Å². The van der Waals surface area contributed by atoms with Gasteiger partial charge in [0.1, 0.15) is 6.23 Å². The number of rotatable bonds is 7. The van der Waals surface area contributed by atoms with Gasteiger partial charge >= 0.3 is 5.69 Å². The first-order valence-corrected chi connectivity index (χ1v) is 9.26. The second kappa shape index (κ2) is 9.32. The Balaban J connectivity index is 1.74. The van der Waals surface area contributed by atoms with Crippen LogP contribution >= 0.6 is 0 Å². The van der Waals surface area contributed by atoms with Crippen molar-refractivity contribution in [3.05, 3.63) is 43.0 Å². The van der Waals surface area contributed by atoms with E-state index >= 15 is 0 Å². The van der Waals surface area contributed by atoms with E-state index in [-0.39, 0.29) is 19.6 Å². The van der Waals surface area contributed by atoms with Gasteiger partial charge < -0.3 is 14.9 Å². The molecule has 0 spiro atoms. The lowest BCUT2D eigenvalue weighted by Crippen LogP contribution is -2.47. The van der Waals surface area contributed by atoms with Crippen LogP contribution < -0.4 is 11.2 Å². The van der Waals surface area contributed by atoms with Gasteiger partial charge in [-0.3, -0.25) is 24.1 Å². The van der Waals surface area contributed by atoms with Crippen molar-refractivity contribution in [1.29, 1.82) is 0 Å². The minimum Gasteiger partial charge on any atom is -0.395 e. The molecule has 0 unspecified atom stereocenters. The molecule has 12 nitrogen and oxygen atoms in total. The highest BCUT2D eigenvalue weighted by Crippen LogP contribution is 2.29. The van der Waals surface area contributed by atoms with Gasteiger partial charge in [0.25, 0.3) is 5.56 Å². The number of nitrogens with zero attached hydrogens (tertiary/aromatic N) is 6. The summed E-state index contributed by atoms with van der Waals surface area (Å²) >= 11 is 0. The van der Waals surface area contributed by atoms with E-state index < -0.39 is 29.6 Å². The van der Waals surface area contributed by atoms with Gasteiger partial charge in [0.15, 0.2) is 0 Å². The van der Waals surface area contributed by atoms with Gasteiger partial charge in [0, 0.05) is 62.4 Å². The molecule has 2 aliphatic rings. The topological polar surface area (TPSA) is 160 Å². The number of hydrogen-bond donors (Lipinski definition) is 3. The Morgan fingerprint density at radius 2 is 1.96 bits per heavy atom. The smallest absolute Gasteiger partial charge is 0.330 e. The molecule has 1 aromatic heterocycles. The molecule has 154 valence electrons. The van der Waals surface area contributed by atoms with Crippen molar-refractivity contribution in [2.24, 2.45) is 5.11 Å². The second-order valence-corrected chi connectivity index (χ2v) is 6.98. The number of H-pyrrole nitrogens is 1. The first-order valence-electron chi connectivity index (χ1n) is 9.26. The molecule has 0 amide bonds. The third-order valence-electron chi connectivity index (χ3n) is 5.21. The van der Waals surface area contributed by atoms with Crippen molar-refractivity contribution in [3.8, 4) is 0 Å². The third-order valence-corrected chi connectivity index (χ3v) is 5.21. The van der Waals surface area contributed by atoms with Gasteiger partial charge in [-0.25, -0.2) is 4.79 Å². The van der Waals surface area contributed by atoms with E-state index in [0.717, 1.165) is 26.2 Å². The average molecular weight is 395 g/mol. The summed E-state index contributed by atoms with van der Waals surface area (Å²) in [4.78, 5) is 33.9. The normalized spacial score (nSPS) is 26.3. The van der Waals surface area contributed by atoms with Crippen LogP contribution in [0.2, 0.25) is 0 Å². The molecular weight excluding hydrogens is 370 g/mol. The molecule has 0 bridgehead atoms. The summed E-state index contributed by atoms with van der Waals surface area (Å²) in [6, 6.07) is -0.582. The zero-order valence-electron chi connectivity index (χ0n) is 15.5. The van der Waals surface area contributed by atoms with Crippen LogP contribution in [-0.4, -0.2) is 87.6 Å². The Kier molecular flexibility index (Phi) is 6.83. The lowest BCUT2D eigenvalue weighted by Gasteiger charge is -2.34. The van der Waals surface area contributed by atoms with E-state index in [0.29, 0.717) is 18.7 Å². The first kappa shape index (κ1) is 20.5. The number of ether oxygens (including phenoxy) is 1. The summed E-state index contributed by atoms with van der Waals surface area (Å²) in [7, 11) is 0. The van der Waals surface area contributed by atoms with Gasteiger partial charge in [-0.15, -0.1) is 0 Å². The molecule has 3 rings (SSSR count). The molecule has 2 fully saturated rings. The SMILES string of the molecule is [N-]=[N+]=N[C@H]1C[C@@H](n2cc(CN3CCN(CCO)CC3)c(=O)[nH]c2=O)O[C@@H]1CO. The lowest BCUT2D eigenvalue weighted by atomic mass is 10.1. The number of hydrogen-bond acceptors (Lipinski definition) is 8. The number of aromatic nitrogens is 2. The van der Waals surface area contributed by atoms with E-state index in [1.807, 2.05) is 0 Å². The molecule has 2 aliphatic heterocycles. The van der Waals surface area contributed by atoms with Gasteiger partial charge in [-0.2, -0.15) is 0 Å². The highest BCUT2D eigenvalue weighted by Gasteiger charge is 2.36. The third kappa shape index (κ3) is 4.61. The molecular formula is C16H25N7O5. The fourth-order valence-corrected chi connectivity index (χ4v) is 3.65. The summed E-state index contributed by atoms with van der Waals surface area (Å²) in [5, 5.41) is 22.0. The maximum atomic E-state index is 12.3. The lowest BCUT2D eigenvalue weighted by molar-refractivity contribution is -0.0272. The molecule has 12 heteroatoms. The number of piperazine rings is 1. The van der Waals surface area contributed by atoms with Crippen LogP contribution in [0.5, 0.6) is 0 Å². The molecule has 2 saturated heterocycles. The summed E-state index contributed by atoms with van der Waals surface area (Å²) in [6.45, 7) is 3.93. The van der Waals surface area contributed by atoms with E-state index in [1.165, 1.54) is 10.8 Å². The number of azide groups is 1. The highest BCUT2D eigenvalue weighted by molar-refractivity contribution is 5.06. The number of aromatic amines is 1. The van der Waals surface area contributed by atoms with Crippen LogP contribution in [0, 0.1) is 0 Å². The summed E-state index contributed by atoms with van der Waals surface area (Å²) in [5.74, 6) is 0. The molecule has 3 heterocycles. The Bertz CT molecular complexity index is 825. The fraction of sp³-hybridized carbons (Fsp3) is 0.750. The van der Waals surface area contributed by atoms with Crippen molar-refractivity contribution in [2.45, 2.75) is 31.3 Å². The van der Waals surface area contributed by atoms with Gasteiger partial charge in [-0.1, -0.05) is 5.11 Å². The highest BCUT2D eigenvalue weighted by atomic mass is 16.5. The Labute approximate surface area is 160 Å².